The molecule has 0 aromatic rings. The summed E-state index contributed by atoms with van der Waals surface area (Å²) in [7, 11) is 0. The van der Waals surface area contributed by atoms with Crippen molar-refractivity contribution in [2.24, 2.45) is 17.3 Å². The van der Waals surface area contributed by atoms with Crippen LogP contribution in [0.25, 0.3) is 0 Å². The maximum Gasteiger partial charge on any atom is 0.0725 e. The minimum absolute atomic E-state index is 0.126. The van der Waals surface area contributed by atoms with Gasteiger partial charge in [-0.15, -0.1) is 0 Å². The van der Waals surface area contributed by atoms with Gasteiger partial charge in [0.1, 0.15) is 0 Å². The Hall–Kier alpha value is -0.0800. The summed E-state index contributed by atoms with van der Waals surface area (Å²) in [5.41, 5.74) is -0.874. The molecule has 2 saturated carbocycles. The van der Waals surface area contributed by atoms with Crippen molar-refractivity contribution in [3.63, 3.8) is 0 Å². The third kappa shape index (κ3) is 0.728. The Morgan fingerprint density at radius 1 is 1.25 bits per heavy atom. The lowest BCUT2D eigenvalue weighted by Gasteiger charge is -2.44. The molecule has 0 spiro atoms. The SMILES string of the molecule is C[C@]1(O)[C@@H]2CC[C@@H](C2)[C@@]1(C)CO. The van der Waals surface area contributed by atoms with Crippen molar-refractivity contribution in [1.82, 2.24) is 0 Å². The second kappa shape index (κ2) is 2.24. The number of aliphatic hydroxyl groups excluding tert-OH is 1. The van der Waals surface area contributed by atoms with E-state index in [0.29, 0.717) is 11.8 Å². The van der Waals surface area contributed by atoms with E-state index in [4.69, 9.17) is 0 Å². The fraction of sp³-hybridized carbons (Fsp3) is 1.00. The molecule has 2 N–H and O–H groups in total. The van der Waals surface area contributed by atoms with E-state index in [0.717, 1.165) is 12.8 Å². The summed E-state index contributed by atoms with van der Waals surface area (Å²) in [6.45, 7) is 4.05. The van der Waals surface area contributed by atoms with Crippen molar-refractivity contribution in [3.05, 3.63) is 0 Å². The number of hydrogen-bond donors (Lipinski definition) is 2. The van der Waals surface area contributed by atoms with Crippen LogP contribution in [0.1, 0.15) is 33.1 Å². The third-order valence-corrected chi connectivity index (χ3v) is 4.61. The molecular weight excluding hydrogens is 152 g/mol. The van der Waals surface area contributed by atoms with Gasteiger partial charge in [0.15, 0.2) is 0 Å². The van der Waals surface area contributed by atoms with Gasteiger partial charge in [-0.1, -0.05) is 6.92 Å². The number of rotatable bonds is 1. The van der Waals surface area contributed by atoms with Gasteiger partial charge in [-0.25, -0.2) is 0 Å². The van der Waals surface area contributed by atoms with Crippen LogP contribution < -0.4 is 0 Å². The van der Waals surface area contributed by atoms with Crippen LogP contribution in [0.5, 0.6) is 0 Å². The molecule has 0 aliphatic heterocycles. The maximum atomic E-state index is 10.2. The highest BCUT2D eigenvalue weighted by molar-refractivity contribution is 5.11. The highest BCUT2D eigenvalue weighted by Gasteiger charge is 2.61. The fourth-order valence-electron chi connectivity index (χ4n) is 3.24. The first-order valence-corrected chi connectivity index (χ1v) is 4.85. The summed E-state index contributed by atoms with van der Waals surface area (Å²) < 4.78 is 0. The summed E-state index contributed by atoms with van der Waals surface area (Å²) in [6.07, 6.45) is 3.45. The van der Waals surface area contributed by atoms with Gasteiger partial charge in [0.25, 0.3) is 0 Å². The summed E-state index contributed by atoms with van der Waals surface area (Å²) >= 11 is 0. The van der Waals surface area contributed by atoms with Crippen molar-refractivity contribution in [2.45, 2.75) is 38.7 Å². The van der Waals surface area contributed by atoms with Crippen LogP contribution in [0.3, 0.4) is 0 Å². The topological polar surface area (TPSA) is 40.5 Å². The van der Waals surface area contributed by atoms with Crippen molar-refractivity contribution >= 4 is 0 Å². The van der Waals surface area contributed by atoms with Gasteiger partial charge < -0.3 is 10.2 Å². The Morgan fingerprint density at radius 3 is 2.17 bits per heavy atom. The standard InChI is InChI=1S/C10H18O2/c1-9(6-11)7-3-4-8(5-7)10(9,2)12/h7-8,11-12H,3-6H2,1-2H3/t7-,8+,9+,10-/m0/s1. The minimum Gasteiger partial charge on any atom is -0.396 e. The molecule has 0 aromatic carbocycles. The summed E-state index contributed by atoms with van der Waals surface area (Å²) in [6, 6.07) is 0. The van der Waals surface area contributed by atoms with Crippen LogP contribution in [0.4, 0.5) is 0 Å². The lowest BCUT2D eigenvalue weighted by Crippen LogP contribution is -2.50. The molecule has 4 atom stereocenters. The molecule has 0 radical (unpaired) electrons. The molecule has 0 unspecified atom stereocenters. The largest absolute Gasteiger partial charge is 0.396 e. The first-order valence-electron chi connectivity index (χ1n) is 4.85. The zero-order valence-electron chi connectivity index (χ0n) is 7.88. The molecule has 2 fully saturated rings. The van der Waals surface area contributed by atoms with Gasteiger partial charge in [0, 0.05) is 5.41 Å². The predicted molar refractivity (Wildman–Crippen MR) is 46.6 cm³/mol. The second-order valence-corrected chi connectivity index (χ2v) is 4.93. The van der Waals surface area contributed by atoms with E-state index in [9.17, 15) is 10.2 Å². The summed E-state index contributed by atoms with van der Waals surface area (Å²) in [5.74, 6) is 0.974. The Bertz CT molecular complexity index is 200. The Kier molecular flexibility index (Phi) is 1.59. The van der Waals surface area contributed by atoms with Crippen molar-refractivity contribution in [3.8, 4) is 0 Å². The summed E-state index contributed by atoms with van der Waals surface area (Å²) in [4.78, 5) is 0. The molecule has 70 valence electrons. The van der Waals surface area contributed by atoms with E-state index in [1.165, 1.54) is 6.42 Å². The highest BCUT2D eigenvalue weighted by Crippen LogP contribution is 2.61. The van der Waals surface area contributed by atoms with Gasteiger partial charge in [-0.3, -0.25) is 0 Å². The molecule has 0 amide bonds. The Morgan fingerprint density at radius 2 is 1.83 bits per heavy atom. The van der Waals surface area contributed by atoms with E-state index >= 15 is 0 Å². The normalized spacial score (nSPS) is 58.0. The highest BCUT2D eigenvalue weighted by atomic mass is 16.3. The lowest BCUT2D eigenvalue weighted by molar-refractivity contribution is -0.121. The van der Waals surface area contributed by atoms with Gasteiger partial charge >= 0.3 is 0 Å². The quantitative estimate of drug-likeness (QED) is 0.620. The number of aliphatic hydroxyl groups is 2. The zero-order valence-corrected chi connectivity index (χ0v) is 7.88. The molecule has 2 aliphatic carbocycles. The lowest BCUT2D eigenvalue weighted by atomic mass is 9.65. The van der Waals surface area contributed by atoms with Crippen LogP contribution in [0.2, 0.25) is 0 Å². The van der Waals surface area contributed by atoms with E-state index < -0.39 is 5.60 Å². The molecule has 2 aliphatic rings. The monoisotopic (exact) mass is 170 g/mol. The third-order valence-electron chi connectivity index (χ3n) is 4.61. The molecule has 2 heteroatoms. The van der Waals surface area contributed by atoms with Gasteiger partial charge in [-0.05, 0) is 38.0 Å². The molecule has 12 heavy (non-hydrogen) atoms. The van der Waals surface area contributed by atoms with E-state index in [1.54, 1.807) is 0 Å². The summed E-state index contributed by atoms with van der Waals surface area (Å²) in [5, 5.41) is 19.6. The first-order chi connectivity index (χ1) is 5.52. The molecule has 2 rings (SSSR count). The van der Waals surface area contributed by atoms with Gasteiger partial charge in [0.05, 0.1) is 12.2 Å². The van der Waals surface area contributed by atoms with Crippen LogP contribution in [-0.4, -0.2) is 22.4 Å². The molecule has 2 bridgehead atoms. The second-order valence-electron chi connectivity index (χ2n) is 4.93. The van der Waals surface area contributed by atoms with Crippen LogP contribution in [0.15, 0.2) is 0 Å². The molecule has 2 nitrogen and oxygen atoms in total. The van der Waals surface area contributed by atoms with Crippen LogP contribution in [0, 0.1) is 17.3 Å². The molecule has 0 saturated heterocycles. The Balaban J connectivity index is 2.34. The van der Waals surface area contributed by atoms with E-state index in [-0.39, 0.29) is 12.0 Å². The smallest absolute Gasteiger partial charge is 0.0725 e. The van der Waals surface area contributed by atoms with Crippen LogP contribution in [-0.2, 0) is 0 Å². The Labute approximate surface area is 73.6 Å². The average Bonchev–Trinajstić information content (AvgIpc) is 2.55. The molecule has 0 heterocycles. The van der Waals surface area contributed by atoms with Crippen molar-refractivity contribution < 1.29 is 10.2 Å². The van der Waals surface area contributed by atoms with E-state index in [1.807, 2.05) is 13.8 Å². The number of hydrogen-bond acceptors (Lipinski definition) is 2. The van der Waals surface area contributed by atoms with Crippen molar-refractivity contribution in [1.29, 1.82) is 0 Å². The minimum atomic E-state index is -0.634. The molecular formula is C10H18O2. The average molecular weight is 170 g/mol. The zero-order chi connectivity index (χ0) is 8.98. The fourth-order valence-corrected chi connectivity index (χ4v) is 3.24. The van der Waals surface area contributed by atoms with Gasteiger partial charge in [-0.2, -0.15) is 0 Å². The van der Waals surface area contributed by atoms with Gasteiger partial charge in [0.2, 0.25) is 0 Å². The molecule has 0 aromatic heterocycles. The first kappa shape index (κ1) is 8.52. The van der Waals surface area contributed by atoms with Crippen LogP contribution >= 0.6 is 0 Å². The number of fused-ring (bicyclic) bond motifs is 2. The maximum absolute atomic E-state index is 10.2. The predicted octanol–water partition coefficient (Wildman–Crippen LogP) is 1.17. The van der Waals surface area contributed by atoms with E-state index in [2.05, 4.69) is 0 Å². The van der Waals surface area contributed by atoms with Crippen molar-refractivity contribution in [2.75, 3.05) is 6.61 Å².